The van der Waals surface area contributed by atoms with Crippen molar-refractivity contribution < 1.29 is 14.3 Å². The number of carboxylic acid groups (broad SMARTS) is 1. The van der Waals surface area contributed by atoms with E-state index in [2.05, 4.69) is 13.8 Å². The van der Waals surface area contributed by atoms with Gasteiger partial charge in [0.05, 0.1) is 5.56 Å². The van der Waals surface area contributed by atoms with Gasteiger partial charge >= 0.3 is 5.97 Å². The minimum atomic E-state index is -1.25. The molecule has 0 spiro atoms. The Labute approximate surface area is 117 Å². The van der Waals surface area contributed by atoms with Crippen molar-refractivity contribution in [3.63, 3.8) is 0 Å². The van der Waals surface area contributed by atoms with Crippen LogP contribution in [0.5, 0.6) is 0 Å². The number of carboxylic acids is 1. The fourth-order valence-corrected chi connectivity index (χ4v) is 2.22. The summed E-state index contributed by atoms with van der Waals surface area (Å²) in [7, 11) is 0. The summed E-state index contributed by atoms with van der Waals surface area (Å²) < 4.78 is 13.7. The third-order valence-corrected chi connectivity index (χ3v) is 3.10. The van der Waals surface area contributed by atoms with E-state index in [0.29, 0.717) is 11.5 Å². The fraction of sp³-hybridized carbons (Fsp3) is 0.235. The smallest absolute Gasteiger partial charge is 0.338 e. The van der Waals surface area contributed by atoms with Crippen molar-refractivity contribution >= 4 is 5.97 Å². The summed E-state index contributed by atoms with van der Waals surface area (Å²) in [6.45, 7) is 4.29. The van der Waals surface area contributed by atoms with Gasteiger partial charge in [0.2, 0.25) is 0 Å². The Morgan fingerprint density at radius 3 is 2.45 bits per heavy atom. The number of hydrogen-bond acceptors (Lipinski definition) is 1. The summed E-state index contributed by atoms with van der Waals surface area (Å²) in [6, 6.07) is 12.1. The van der Waals surface area contributed by atoms with Crippen LogP contribution >= 0.6 is 0 Å². The average Bonchev–Trinajstić information content (AvgIpc) is 2.37. The van der Waals surface area contributed by atoms with Gasteiger partial charge < -0.3 is 5.11 Å². The van der Waals surface area contributed by atoms with Gasteiger partial charge in [-0.1, -0.05) is 44.2 Å². The molecule has 0 saturated carbocycles. The first-order chi connectivity index (χ1) is 9.47. The number of aromatic carboxylic acids is 1. The lowest BCUT2D eigenvalue weighted by atomic mass is 9.97. The highest BCUT2D eigenvalue weighted by molar-refractivity contribution is 5.88. The molecule has 0 aliphatic rings. The fourth-order valence-electron chi connectivity index (χ4n) is 2.22. The molecule has 0 bridgehead atoms. The minimum absolute atomic E-state index is 0.299. The van der Waals surface area contributed by atoms with Crippen LogP contribution in [0, 0.1) is 11.7 Å². The van der Waals surface area contributed by atoms with E-state index < -0.39 is 11.8 Å². The third kappa shape index (κ3) is 3.23. The van der Waals surface area contributed by atoms with Crippen molar-refractivity contribution in [1.82, 2.24) is 0 Å². The molecule has 1 N–H and O–H groups in total. The van der Waals surface area contributed by atoms with E-state index in [9.17, 15) is 9.18 Å². The van der Waals surface area contributed by atoms with E-state index in [1.807, 2.05) is 24.3 Å². The summed E-state index contributed by atoms with van der Waals surface area (Å²) in [4.78, 5) is 10.8. The number of benzene rings is 2. The lowest BCUT2D eigenvalue weighted by molar-refractivity contribution is 0.0692. The Morgan fingerprint density at radius 2 is 1.85 bits per heavy atom. The van der Waals surface area contributed by atoms with Gasteiger partial charge in [0.15, 0.2) is 0 Å². The van der Waals surface area contributed by atoms with Crippen molar-refractivity contribution in [1.29, 1.82) is 0 Å². The molecule has 2 aromatic rings. The molecule has 2 nitrogen and oxygen atoms in total. The van der Waals surface area contributed by atoms with Gasteiger partial charge in [-0.25, -0.2) is 9.18 Å². The zero-order chi connectivity index (χ0) is 14.7. The van der Waals surface area contributed by atoms with Crippen LogP contribution < -0.4 is 0 Å². The van der Waals surface area contributed by atoms with Crippen LogP contribution in [0.4, 0.5) is 4.39 Å². The molecule has 0 saturated heterocycles. The van der Waals surface area contributed by atoms with Crippen LogP contribution in [0.1, 0.15) is 29.8 Å². The highest BCUT2D eigenvalue weighted by atomic mass is 19.1. The summed E-state index contributed by atoms with van der Waals surface area (Å²) in [5.74, 6) is -1.40. The molecule has 0 heterocycles. The molecular formula is C17H17FO2. The van der Waals surface area contributed by atoms with Crippen molar-refractivity contribution in [3.05, 3.63) is 59.4 Å². The van der Waals surface area contributed by atoms with Crippen LogP contribution in [0.3, 0.4) is 0 Å². The average molecular weight is 272 g/mol. The largest absolute Gasteiger partial charge is 0.478 e. The molecule has 2 aromatic carbocycles. The summed E-state index contributed by atoms with van der Waals surface area (Å²) in [6.07, 6.45) is 0.962. The third-order valence-electron chi connectivity index (χ3n) is 3.10. The first-order valence-corrected chi connectivity index (χ1v) is 6.59. The maximum atomic E-state index is 13.7. The Morgan fingerprint density at radius 1 is 1.15 bits per heavy atom. The van der Waals surface area contributed by atoms with E-state index in [1.165, 1.54) is 17.7 Å². The van der Waals surface area contributed by atoms with Crippen LogP contribution in [-0.4, -0.2) is 11.1 Å². The second-order valence-corrected chi connectivity index (χ2v) is 5.30. The second kappa shape index (κ2) is 5.87. The number of hydrogen-bond donors (Lipinski definition) is 1. The molecule has 3 heteroatoms. The van der Waals surface area contributed by atoms with Gasteiger partial charge in [-0.15, -0.1) is 0 Å². The van der Waals surface area contributed by atoms with Gasteiger partial charge in [0.1, 0.15) is 5.82 Å². The van der Waals surface area contributed by atoms with Crippen LogP contribution in [0.2, 0.25) is 0 Å². The van der Waals surface area contributed by atoms with E-state index in [-0.39, 0.29) is 5.56 Å². The lowest BCUT2D eigenvalue weighted by Crippen LogP contribution is -2.00. The molecule has 0 aliphatic heterocycles. The highest BCUT2D eigenvalue weighted by Crippen LogP contribution is 2.24. The van der Waals surface area contributed by atoms with Gasteiger partial charge in [-0.2, -0.15) is 0 Å². The second-order valence-electron chi connectivity index (χ2n) is 5.30. The molecule has 0 radical (unpaired) electrons. The molecular weight excluding hydrogens is 255 g/mol. The maximum Gasteiger partial charge on any atom is 0.338 e. The number of carbonyl (C=O) groups is 1. The first-order valence-electron chi connectivity index (χ1n) is 6.59. The molecule has 104 valence electrons. The number of rotatable bonds is 4. The zero-order valence-corrected chi connectivity index (χ0v) is 11.6. The monoisotopic (exact) mass is 272 g/mol. The predicted molar refractivity (Wildman–Crippen MR) is 77.3 cm³/mol. The van der Waals surface area contributed by atoms with E-state index >= 15 is 0 Å². The molecule has 0 aromatic heterocycles. The highest BCUT2D eigenvalue weighted by Gasteiger charge is 2.11. The van der Waals surface area contributed by atoms with Crippen LogP contribution in [0.15, 0.2) is 42.5 Å². The Bertz CT molecular complexity index is 633. The molecule has 0 atom stereocenters. The first kappa shape index (κ1) is 14.3. The van der Waals surface area contributed by atoms with Crippen molar-refractivity contribution in [2.24, 2.45) is 5.92 Å². The van der Waals surface area contributed by atoms with E-state index in [0.717, 1.165) is 12.0 Å². The van der Waals surface area contributed by atoms with Crippen molar-refractivity contribution in [2.75, 3.05) is 0 Å². The maximum absolute atomic E-state index is 13.7. The number of halogens is 1. The summed E-state index contributed by atoms with van der Waals surface area (Å²) in [5.41, 5.74) is 2.49. The van der Waals surface area contributed by atoms with Gasteiger partial charge in [-0.3, -0.25) is 0 Å². The Kier molecular flexibility index (Phi) is 4.18. The van der Waals surface area contributed by atoms with Gasteiger partial charge in [0.25, 0.3) is 0 Å². The zero-order valence-electron chi connectivity index (χ0n) is 11.6. The topological polar surface area (TPSA) is 37.3 Å². The van der Waals surface area contributed by atoms with Crippen molar-refractivity contribution in [3.8, 4) is 11.1 Å². The molecule has 0 amide bonds. The SMILES string of the molecule is CC(C)Cc1cccc(-c2ccc(C(=O)O)c(F)c2)c1. The standard InChI is InChI=1S/C17H17FO2/c1-11(2)8-12-4-3-5-13(9-12)14-6-7-15(17(19)20)16(18)10-14/h3-7,9-11H,8H2,1-2H3,(H,19,20). The van der Waals surface area contributed by atoms with Crippen LogP contribution in [0.25, 0.3) is 11.1 Å². The summed E-state index contributed by atoms with van der Waals surface area (Å²) in [5, 5.41) is 8.83. The predicted octanol–water partition coefficient (Wildman–Crippen LogP) is 4.39. The molecule has 0 unspecified atom stereocenters. The molecule has 2 rings (SSSR count). The normalized spacial score (nSPS) is 10.8. The Hall–Kier alpha value is -2.16. The van der Waals surface area contributed by atoms with E-state index in [1.54, 1.807) is 6.07 Å². The Balaban J connectivity index is 2.36. The molecule has 0 aliphatic carbocycles. The minimum Gasteiger partial charge on any atom is -0.478 e. The quantitative estimate of drug-likeness (QED) is 0.896. The molecule has 20 heavy (non-hydrogen) atoms. The van der Waals surface area contributed by atoms with Crippen LogP contribution in [-0.2, 0) is 6.42 Å². The molecule has 0 fully saturated rings. The van der Waals surface area contributed by atoms with Gasteiger partial charge in [0, 0.05) is 0 Å². The van der Waals surface area contributed by atoms with Gasteiger partial charge in [-0.05, 0) is 41.2 Å². The van der Waals surface area contributed by atoms with Crippen molar-refractivity contribution in [2.45, 2.75) is 20.3 Å². The summed E-state index contributed by atoms with van der Waals surface area (Å²) >= 11 is 0. The van der Waals surface area contributed by atoms with E-state index in [4.69, 9.17) is 5.11 Å². The lowest BCUT2D eigenvalue weighted by Gasteiger charge is -2.08.